The van der Waals surface area contributed by atoms with E-state index in [1.807, 2.05) is 32.0 Å². The zero-order valence-corrected chi connectivity index (χ0v) is 16.3. The van der Waals surface area contributed by atoms with E-state index in [-0.39, 0.29) is 24.9 Å². The highest BCUT2D eigenvalue weighted by Gasteiger charge is 2.18. The molecule has 29 heavy (non-hydrogen) atoms. The molecule has 0 bridgehead atoms. The summed E-state index contributed by atoms with van der Waals surface area (Å²) >= 11 is 0. The van der Waals surface area contributed by atoms with Crippen LogP contribution < -0.4 is 20.1 Å². The number of amides is 2. The van der Waals surface area contributed by atoms with E-state index in [1.54, 1.807) is 7.11 Å². The van der Waals surface area contributed by atoms with Gasteiger partial charge in [0.1, 0.15) is 29.4 Å². The monoisotopic (exact) mass is 404 g/mol. The van der Waals surface area contributed by atoms with Crippen LogP contribution in [0.4, 0.5) is 13.6 Å². The maximum Gasteiger partial charge on any atom is 0.315 e. The van der Waals surface area contributed by atoms with Crippen LogP contribution in [0.15, 0.2) is 40.8 Å². The number of benzene rings is 2. The number of methoxy groups -OCH3 is 1. The Kier molecular flexibility index (Phi) is 6.21. The van der Waals surface area contributed by atoms with Crippen molar-refractivity contribution in [1.29, 1.82) is 0 Å². The van der Waals surface area contributed by atoms with Gasteiger partial charge in [-0.1, -0.05) is 0 Å². The summed E-state index contributed by atoms with van der Waals surface area (Å²) in [4.78, 5) is 12.1. The largest absolute Gasteiger partial charge is 0.497 e. The van der Waals surface area contributed by atoms with Crippen molar-refractivity contribution in [3.63, 3.8) is 0 Å². The Labute approximate surface area is 166 Å². The molecule has 2 aromatic carbocycles. The molecule has 0 aliphatic rings. The molecule has 0 saturated heterocycles. The van der Waals surface area contributed by atoms with Gasteiger partial charge < -0.3 is 24.5 Å². The normalized spacial score (nSPS) is 11.9. The van der Waals surface area contributed by atoms with Crippen molar-refractivity contribution < 1.29 is 27.5 Å². The number of halogens is 2. The summed E-state index contributed by atoms with van der Waals surface area (Å²) in [6.07, 6.45) is 0. The van der Waals surface area contributed by atoms with Gasteiger partial charge in [0.2, 0.25) is 0 Å². The summed E-state index contributed by atoms with van der Waals surface area (Å²) in [7, 11) is 1.60. The van der Waals surface area contributed by atoms with Crippen molar-refractivity contribution in [3.8, 4) is 11.5 Å². The number of urea groups is 1. The molecule has 1 heterocycles. The van der Waals surface area contributed by atoms with Crippen molar-refractivity contribution in [2.45, 2.75) is 19.9 Å². The molecule has 0 spiro atoms. The van der Waals surface area contributed by atoms with Crippen molar-refractivity contribution in [2.24, 2.45) is 0 Å². The van der Waals surface area contributed by atoms with E-state index in [0.717, 1.165) is 28.8 Å². The predicted octanol–water partition coefficient (Wildman–Crippen LogP) is 4.47. The fourth-order valence-electron chi connectivity index (χ4n) is 2.97. The molecular weight excluding hydrogens is 382 g/mol. The van der Waals surface area contributed by atoms with E-state index in [9.17, 15) is 13.6 Å². The maximum atomic E-state index is 13.1. The highest BCUT2D eigenvalue weighted by molar-refractivity contribution is 5.84. The zero-order chi connectivity index (χ0) is 21.0. The van der Waals surface area contributed by atoms with Gasteiger partial charge in [0.05, 0.1) is 19.7 Å². The molecule has 0 fully saturated rings. The van der Waals surface area contributed by atoms with Gasteiger partial charge in [-0.15, -0.1) is 0 Å². The van der Waals surface area contributed by atoms with Crippen LogP contribution in [-0.2, 0) is 0 Å². The summed E-state index contributed by atoms with van der Waals surface area (Å²) in [6, 6.07) is 8.03. The first-order chi connectivity index (χ1) is 13.9. The second-order valence-electron chi connectivity index (χ2n) is 6.50. The van der Waals surface area contributed by atoms with Gasteiger partial charge in [0.15, 0.2) is 11.6 Å². The van der Waals surface area contributed by atoms with Gasteiger partial charge in [-0.25, -0.2) is 13.6 Å². The summed E-state index contributed by atoms with van der Waals surface area (Å²) in [5.41, 5.74) is 1.64. The Morgan fingerprint density at radius 3 is 2.62 bits per heavy atom. The van der Waals surface area contributed by atoms with Crippen LogP contribution in [0.25, 0.3) is 11.0 Å². The Hall–Kier alpha value is -3.29. The number of fused-ring (bicyclic) bond motifs is 1. The maximum absolute atomic E-state index is 13.1. The average Bonchev–Trinajstić information content (AvgIpc) is 3.04. The molecule has 0 saturated carbocycles. The Bertz CT molecular complexity index is 1020. The van der Waals surface area contributed by atoms with Crippen molar-refractivity contribution in [1.82, 2.24) is 10.6 Å². The molecule has 3 aromatic rings. The van der Waals surface area contributed by atoms with Gasteiger partial charge in [0, 0.05) is 17.0 Å². The number of carbonyl (C=O) groups excluding carboxylic acids is 1. The lowest BCUT2D eigenvalue weighted by Gasteiger charge is -2.14. The zero-order valence-electron chi connectivity index (χ0n) is 16.3. The molecule has 154 valence electrons. The fourth-order valence-corrected chi connectivity index (χ4v) is 2.97. The smallest absolute Gasteiger partial charge is 0.315 e. The van der Waals surface area contributed by atoms with Crippen LogP contribution >= 0.6 is 0 Å². The number of hydrogen-bond acceptors (Lipinski definition) is 4. The lowest BCUT2D eigenvalue weighted by molar-refractivity contribution is 0.232. The first-order valence-electron chi connectivity index (χ1n) is 9.08. The Morgan fingerprint density at radius 2 is 1.90 bits per heavy atom. The third-order valence-corrected chi connectivity index (χ3v) is 4.47. The molecule has 1 aromatic heterocycles. The standard InChI is InChI=1S/C21H22F2N2O4/c1-12-16-10-14(27-3)5-7-19(16)29-20(12)13(2)25-21(26)24-8-9-28-15-4-6-17(22)18(23)11-15/h4-7,10-11,13H,8-9H2,1-3H3,(H2,24,25,26). The van der Waals surface area contributed by atoms with Crippen molar-refractivity contribution in [3.05, 3.63) is 59.4 Å². The second-order valence-corrected chi connectivity index (χ2v) is 6.50. The predicted molar refractivity (Wildman–Crippen MR) is 104 cm³/mol. The lowest BCUT2D eigenvalue weighted by Crippen LogP contribution is -2.39. The van der Waals surface area contributed by atoms with E-state index in [0.29, 0.717) is 11.3 Å². The third kappa shape index (κ3) is 4.77. The van der Waals surface area contributed by atoms with Crippen LogP contribution in [0.5, 0.6) is 11.5 Å². The van der Waals surface area contributed by atoms with Gasteiger partial charge in [0.25, 0.3) is 0 Å². The second kappa shape index (κ2) is 8.81. The highest BCUT2D eigenvalue weighted by atomic mass is 19.2. The minimum Gasteiger partial charge on any atom is -0.497 e. The van der Waals surface area contributed by atoms with Crippen LogP contribution in [0, 0.1) is 18.6 Å². The number of furan rings is 1. The average molecular weight is 404 g/mol. The van der Waals surface area contributed by atoms with Gasteiger partial charge in [-0.2, -0.15) is 0 Å². The van der Waals surface area contributed by atoms with Gasteiger partial charge >= 0.3 is 6.03 Å². The summed E-state index contributed by atoms with van der Waals surface area (Å²) in [5.74, 6) is -0.356. The number of hydrogen-bond donors (Lipinski definition) is 2. The van der Waals surface area contributed by atoms with Crippen LogP contribution in [0.1, 0.15) is 24.3 Å². The molecule has 6 nitrogen and oxygen atoms in total. The molecule has 2 amide bonds. The van der Waals surface area contributed by atoms with Gasteiger partial charge in [-0.3, -0.25) is 0 Å². The van der Waals surface area contributed by atoms with E-state index in [4.69, 9.17) is 13.9 Å². The molecule has 1 unspecified atom stereocenters. The van der Waals surface area contributed by atoms with E-state index in [2.05, 4.69) is 10.6 Å². The minimum atomic E-state index is -0.985. The number of rotatable bonds is 7. The summed E-state index contributed by atoms with van der Waals surface area (Å²) in [6.45, 7) is 4.04. The molecule has 2 N–H and O–H groups in total. The summed E-state index contributed by atoms with van der Waals surface area (Å²) < 4.78 is 42.4. The third-order valence-electron chi connectivity index (χ3n) is 4.47. The van der Waals surface area contributed by atoms with Crippen LogP contribution in [-0.4, -0.2) is 26.3 Å². The van der Waals surface area contributed by atoms with E-state index < -0.39 is 17.7 Å². The van der Waals surface area contributed by atoms with Crippen molar-refractivity contribution in [2.75, 3.05) is 20.3 Å². The molecule has 8 heteroatoms. The number of ether oxygens (including phenoxy) is 2. The molecule has 0 aliphatic carbocycles. The molecule has 3 rings (SSSR count). The first-order valence-corrected chi connectivity index (χ1v) is 9.08. The number of aryl methyl sites for hydroxylation is 1. The van der Waals surface area contributed by atoms with E-state index >= 15 is 0 Å². The van der Waals surface area contributed by atoms with Crippen LogP contribution in [0.2, 0.25) is 0 Å². The van der Waals surface area contributed by atoms with Crippen molar-refractivity contribution >= 4 is 17.0 Å². The van der Waals surface area contributed by atoms with E-state index in [1.165, 1.54) is 6.07 Å². The quantitative estimate of drug-likeness (QED) is 0.570. The SMILES string of the molecule is COc1ccc2oc(C(C)NC(=O)NCCOc3ccc(F)c(F)c3)c(C)c2c1. The lowest BCUT2D eigenvalue weighted by atomic mass is 10.1. The Balaban J connectivity index is 1.52. The molecule has 1 atom stereocenters. The highest BCUT2D eigenvalue weighted by Crippen LogP contribution is 2.31. The minimum absolute atomic E-state index is 0.107. The number of carbonyl (C=O) groups is 1. The Morgan fingerprint density at radius 1 is 1.14 bits per heavy atom. The van der Waals surface area contributed by atoms with Gasteiger partial charge in [-0.05, 0) is 44.2 Å². The molecule has 0 radical (unpaired) electrons. The fraction of sp³-hybridized carbons (Fsp3) is 0.286. The molecule has 0 aliphatic heterocycles. The van der Waals surface area contributed by atoms with Crippen LogP contribution in [0.3, 0.4) is 0 Å². The summed E-state index contributed by atoms with van der Waals surface area (Å²) in [5, 5.41) is 6.37. The topological polar surface area (TPSA) is 72.7 Å². The molecular formula is C21H22F2N2O4. The number of nitrogens with one attached hydrogen (secondary N) is 2. The first kappa shape index (κ1) is 20.4.